The summed E-state index contributed by atoms with van der Waals surface area (Å²) in [6.07, 6.45) is 0.718. The Kier molecular flexibility index (Phi) is 3.86. The van der Waals surface area contributed by atoms with E-state index in [4.69, 9.17) is 5.73 Å². The summed E-state index contributed by atoms with van der Waals surface area (Å²) < 4.78 is 25.4. The van der Waals surface area contributed by atoms with Gasteiger partial charge in [-0.1, -0.05) is 6.07 Å². The van der Waals surface area contributed by atoms with Crippen molar-refractivity contribution in [3.63, 3.8) is 0 Å². The van der Waals surface area contributed by atoms with Gasteiger partial charge >= 0.3 is 0 Å². The predicted octanol–water partition coefficient (Wildman–Crippen LogP) is 0.173. The van der Waals surface area contributed by atoms with E-state index in [9.17, 15) is 13.2 Å². The molecule has 0 spiro atoms. The lowest BCUT2D eigenvalue weighted by atomic mass is 10.2. The number of hydrogen-bond donors (Lipinski definition) is 1. The van der Waals surface area contributed by atoms with Crippen molar-refractivity contribution in [2.24, 2.45) is 5.73 Å². The van der Waals surface area contributed by atoms with E-state index in [0.29, 0.717) is 12.2 Å². The second-order valence-corrected chi connectivity index (χ2v) is 7.26. The van der Waals surface area contributed by atoms with Gasteiger partial charge in [0, 0.05) is 26.3 Å². The first-order valence-corrected chi connectivity index (χ1v) is 7.81. The molecule has 0 bridgehead atoms. The number of fused-ring (bicyclic) bond motifs is 1. The first-order chi connectivity index (χ1) is 9.25. The molecule has 1 amide bonds. The molecule has 2 rings (SSSR count). The molecule has 0 saturated heterocycles. The number of carbonyl (C=O) groups is 1. The summed E-state index contributed by atoms with van der Waals surface area (Å²) in [5.74, 6) is -0.192. The van der Waals surface area contributed by atoms with Gasteiger partial charge in [-0.05, 0) is 31.0 Å². The first-order valence-electron chi connectivity index (χ1n) is 6.37. The zero-order valence-electron chi connectivity index (χ0n) is 11.8. The van der Waals surface area contributed by atoms with Crippen molar-refractivity contribution in [1.82, 2.24) is 4.31 Å². The molecule has 0 fully saturated rings. The van der Waals surface area contributed by atoms with Crippen LogP contribution >= 0.6 is 0 Å². The molecule has 2 N–H and O–H groups in total. The Morgan fingerprint density at radius 1 is 1.40 bits per heavy atom. The minimum atomic E-state index is -3.50. The topological polar surface area (TPSA) is 83.7 Å². The van der Waals surface area contributed by atoms with E-state index >= 15 is 0 Å². The lowest BCUT2D eigenvalue weighted by molar-refractivity contribution is -0.119. The third kappa shape index (κ3) is 2.44. The molecule has 0 radical (unpaired) electrons. The van der Waals surface area contributed by atoms with Crippen molar-refractivity contribution in [2.45, 2.75) is 24.3 Å². The molecule has 0 unspecified atom stereocenters. The van der Waals surface area contributed by atoms with Crippen LogP contribution in [0.5, 0.6) is 0 Å². The predicted molar refractivity (Wildman–Crippen MR) is 77.0 cm³/mol. The summed E-state index contributed by atoms with van der Waals surface area (Å²) in [4.78, 5) is 13.8. The van der Waals surface area contributed by atoms with Gasteiger partial charge < -0.3 is 10.6 Å². The zero-order chi connectivity index (χ0) is 15.1. The van der Waals surface area contributed by atoms with Crippen LogP contribution in [0.15, 0.2) is 23.1 Å². The van der Waals surface area contributed by atoms with Crippen LogP contribution in [0.4, 0.5) is 5.69 Å². The van der Waals surface area contributed by atoms with Gasteiger partial charge in [-0.3, -0.25) is 4.79 Å². The number of anilines is 1. The molecule has 110 valence electrons. The summed E-state index contributed by atoms with van der Waals surface area (Å²) in [6.45, 7) is 2.17. The Morgan fingerprint density at radius 3 is 2.60 bits per heavy atom. The second kappa shape index (κ2) is 5.16. The highest BCUT2D eigenvalue weighted by Crippen LogP contribution is 2.31. The average Bonchev–Trinajstić information content (AvgIpc) is 2.80. The molecular formula is C13H19N3O3S. The van der Waals surface area contributed by atoms with Crippen molar-refractivity contribution in [1.29, 1.82) is 0 Å². The summed E-state index contributed by atoms with van der Waals surface area (Å²) in [7, 11) is -0.545. The van der Waals surface area contributed by atoms with Gasteiger partial charge in [0.1, 0.15) is 0 Å². The fraction of sp³-hybridized carbons (Fsp3) is 0.462. The number of nitrogens with two attached hydrogens (primary N) is 1. The van der Waals surface area contributed by atoms with Crippen LogP contribution in [0.2, 0.25) is 0 Å². The van der Waals surface area contributed by atoms with E-state index in [2.05, 4.69) is 0 Å². The van der Waals surface area contributed by atoms with Crippen molar-refractivity contribution in [3.8, 4) is 0 Å². The van der Waals surface area contributed by atoms with Crippen LogP contribution in [0, 0.1) is 0 Å². The lowest BCUT2D eigenvalue weighted by Gasteiger charge is -2.20. The fourth-order valence-corrected chi connectivity index (χ4v) is 3.13. The average molecular weight is 297 g/mol. The smallest absolute Gasteiger partial charge is 0.243 e. The number of rotatable bonds is 3. The minimum Gasteiger partial charge on any atom is -0.320 e. The number of sulfonamides is 1. The Labute approximate surface area is 119 Å². The highest BCUT2D eigenvalue weighted by atomic mass is 32.2. The molecule has 1 heterocycles. The molecule has 0 aliphatic carbocycles. The normalized spacial score (nSPS) is 16.4. The van der Waals surface area contributed by atoms with E-state index in [-0.39, 0.29) is 10.8 Å². The molecule has 6 nitrogen and oxygen atoms in total. The van der Waals surface area contributed by atoms with Gasteiger partial charge in [-0.2, -0.15) is 0 Å². The number of benzene rings is 1. The SMILES string of the molecule is C[C@H](N)C(=O)N1CCc2ccc(S(=O)(=O)N(C)C)cc21. The van der Waals surface area contributed by atoms with Crippen LogP contribution in [0.1, 0.15) is 12.5 Å². The molecule has 1 aliphatic heterocycles. The van der Waals surface area contributed by atoms with Crippen molar-refractivity contribution in [2.75, 3.05) is 25.5 Å². The second-order valence-electron chi connectivity index (χ2n) is 5.11. The highest BCUT2D eigenvalue weighted by Gasteiger charge is 2.28. The van der Waals surface area contributed by atoms with E-state index in [0.717, 1.165) is 16.3 Å². The molecule has 1 aromatic rings. The van der Waals surface area contributed by atoms with Gasteiger partial charge in [-0.15, -0.1) is 0 Å². The van der Waals surface area contributed by atoms with Gasteiger partial charge in [0.25, 0.3) is 0 Å². The highest BCUT2D eigenvalue weighted by molar-refractivity contribution is 7.89. The summed E-state index contributed by atoms with van der Waals surface area (Å²) in [6, 6.07) is 4.29. The van der Waals surface area contributed by atoms with Crippen molar-refractivity contribution < 1.29 is 13.2 Å². The molecular weight excluding hydrogens is 278 g/mol. The van der Waals surface area contributed by atoms with E-state index in [1.807, 2.05) is 0 Å². The Balaban J connectivity index is 2.46. The van der Waals surface area contributed by atoms with Gasteiger partial charge in [0.15, 0.2) is 0 Å². The zero-order valence-corrected chi connectivity index (χ0v) is 12.6. The van der Waals surface area contributed by atoms with Gasteiger partial charge in [0.2, 0.25) is 15.9 Å². The van der Waals surface area contributed by atoms with Crippen LogP contribution in [0.25, 0.3) is 0 Å². The molecule has 20 heavy (non-hydrogen) atoms. The Morgan fingerprint density at radius 2 is 2.05 bits per heavy atom. The van der Waals surface area contributed by atoms with Crippen LogP contribution in [-0.4, -0.2) is 45.3 Å². The number of hydrogen-bond acceptors (Lipinski definition) is 4. The van der Waals surface area contributed by atoms with E-state index in [1.165, 1.54) is 14.1 Å². The molecule has 0 saturated carbocycles. The molecule has 1 aromatic carbocycles. The fourth-order valence-electron chi connectivity index (χ4n) is 2.21. The monoisotopic (exact) mass is 297 g/mol. The van der Waals surface area contributed by atoms with Gasteiger partial charge in [0.05, 0.1) is 10.9 Å². The Bertz CT molecular complexity index is 638. The third-order valence-electron chi connectivity index (χ3n) is 3.39. The molecule has 1 aliphatic rings. The maximum Gasteiger partial charge on any atom is 0.243 e. The summed E-state index contributed by atoms with van der Waals surface area (Å²) >= 11 is 0. The van der Waals surface area contributed by atoms with Crippen LogP contribution in [-0.2, 0) is 21.2 Å². The number of nitrogens with zero attached hydrogens (tertiary/aromatic N) is 2. The Hall–Kier alpha value is -1.44. The quantitative estimate of drug-likeness (QED) is 0.862. The molecule has 1 atom stereocenters. The molecule has 7 heteroatoms. The van der Waals surface area contributed by atoms with Crippen LogP contribution in [0.3, 0.4) is 0 Å². The standard InChI is InChI=1S/C13H19N3O3S/c1-9(14)13(17)16-7-6-10-4-5-11(8-12(10)16)20(18,19)15(2)3/h4-5,8-9H,6-7,14H2,1-3H3/t9-/m0/s1. The van der Waals surface area contributed by atoms with Crippen molar-refractivity contribution >= 4 is 21.6 Å². The lowest BCUT2D eigenvalue weighted by Crippen LogP contribution is -2.41. The number of carbonyl (C=O) groups excluding carboxylic acids is 1. The number of amides is 1. The van der Waals surface area contributed by atoms with E-state index < -0.39 is 16.1 Å². The first kappa shape index (κ1) is 15.0. The van der Waals surface area contributed by atoms with E-state index in [1.54, 1.807) is 30.0 Å². The third-order valence-corrected chi connectivity index (χ3v) is 5.20. The maximum atomic E-state index is 12.1. The van der Waals surface area contributed by atoms with Gasteiger partial charge in [-0.25, -0.2) is 12.7 Å². The maximum absolute atomic E-state index is 12.1. The summed E-state index contributed by atoms with van der Waals surface area (Å²) in [5, 5.41) is 0. The minimum absolute atomic E-state index is 0.186. The van der Waals surface area contributed by atoms with Crippen molar-refractivity contribution in [3.05, 3.63) is 23.8 Å². The summed E-state index contributed by atoms with van der Waals surface area (Å²) in [5.41, 5.74) is 7.24. The molecule has 0 aromatic heterocycles. The van der Waals surface area contributed by atoms with Crippen LogP contribution < -0.4 is 10.6 Å². The largest absolute Gasteiger partial charge is 0.320 e.